The molecule has 2 aromatic rings. The summed E-state index contributed by atoms with van der Waals surface area (Å²) in [7, 11) is 0. The second-order valence-corrected chi connectivity index (χ2v) is 6.71. The van der Waals surface area contributed by atoms with E-state index in [1.54, 1.807) is 11.3 Å². The molecule has 7 heteroatoms. The van der Waals surface area contributed by atoms with Gasteiger partial charge in [0, 0.05) is 47.4 Å². The number of nitrogens with one attached hydrogen (secondary N) is 1. The minimum absolute atomic E-state index is 0. The number of nitrogens with zero attached hydrogens (tertiary/aromatic N) is 2. The number of aryl methyl sites for hydroxylation is 1. The van der Waals surface area contributed by atoms with Gasteiger partial charge in [-0.15, -0.1) is 36.2 Å². The molecule has 2 heterocycles. The molecule has 1 fully saturated rings. The zero-order valence-corrected chi connectivity index (χ0v) is 16.4. The number of halogens is 2. The van der Waals surface area contributed by atoms with E-state index in [1.807, 2.05) is 41.5 Å². The van der Waals surface area contributed by atoms with Gasteiger partial charge in [-0.3, -0.25) is 4.79 Å². The Morgan fingerprint density at radius 3 is 2.75 bits per heavy atom. The summed E-state index contributed by atoms with van der Waals surface area (Å²) >= 11 is 1.61. The molecule has 0 saturated carbocycles. The van der Waals surface area contributed by atoms with Crippen molar-refractivity contribution in [2.45, 2.75) is 32.9 Å². The molecule has 0 bridgehead atoms. The molecule has 132 valence electrons. The molecule has 1 aromatic heterocycles. The number of piperazine rings is 1. The van der Waals surface area contributed by atoms with Crippen molar-refractivity contribution in [2.24, 2.45) is 0 Å². The number of aromatic nitrogens is 1. The Hall–Kier alpha value is -1.14. The van der Waals surface area contributed by atoms with Crippen molar-refractivity contribution in [3.8, 4) is 10.6 Å². The largest absolute Gasteiger partial charge is 0.333 e. The van der Waals surface area contributed by atoms with E-state index in [2.05, 4.69) is 24.1 Å². The van der Waals surface area contributed by atoms with E-state index in [9.17, 15) is 4.79 Å². The van der Waals surface area contributed by atoms with E-state index in [0.717, 1.165) is 34.9 Å². The normalized spacial score (nSPS) is 20.0. The van der Waals surface area contributed by atoms with Crippen LogP contribution in [0.15, 0.2) is 29.6 Å². The highest BCUT2D eigenvalue weighted by molar-refractivity contribution is 7.13. The van der Waals surface area contributed by atoms with E-state index in [-0.39, 0.29) is 36.8 Å². The Balaban J connectivity index is 0.00000144. The molecule has 0 aliphatic carbocycles. The van der Waals surface area contributed by atoms with Crippen LogP contribution in [0.1, 0.15) is 29.9 Å². The fourth-order valence-electron chi connectivity index (χ4n) is 2.78. The maximum atomic E-state index is 12.8. The monoisotopic (exact) mass is 387 g/mol. The Labute approximate surface area is 159 Å². The van der Waals surface area contributed by atoms with E-state index < -0.39 is 0 Å². The van der Waals surface area contributed by atoms with E-state index >= 15 is 0 Å². The molecule has 2 unspecified atom stereocenters. The molecule has 2 atom stereocenters. The fraction of sp³-hybridized carbons (Fsp3) is 0.412. The molecule has 4 nitrogen and oxygen atoms in total. The number of thiazole rings is 1. The van der Waals surface area contributed by atoms with Gasteiger partial charge in [-0.25, -0.2) is 4.98 Å². The van der Waals surface area contributed by atoms with Gasteiger partial charge in [0.05, 0.1) is 0 Å². The minimum Gasteiger partial charge on any atom is -0.333 e. The molecule has 0 radical (unpaired) electrons. The summed E-state index contributed by atoms with van der Waals surface area (Å²) in [4.78, 5) is 19.3. The highest BCUT2D eigenvalue weighted by Crippen LogP contribution is 2.25. The standard InChI is InChI=1S/C17H21N3OS.2ClH/c1-11-10-22-16(19-11)14-5-4-6-15(9-14)17(21)20-8-7-18-12(2)13(20)3;;/h4-6,9-10,12-13,18H,7-8H2,1-3H3;2*1H. The summed E-state index contributed by atoms with van der Waals surface area (Å²) < 4.78 is 0. The van der Waals surface area contributed by atoms with E-state index in [4.69, 9.17) is 0 Å². The van der Waals surface area contributed by atoms with Gasteiger partial charge >= 0.3 is 0 Å². The summed E-state index contributed by atoms with van der Waals surface area (Å²) in [6.07, 6.45) is 0. The third-order valence-corrected chi connectivity index (χ3v) is 5.28. The van der Waals surface area contributed by atoms with Crippen LogP contribution >= 0.6 is 36.2 Å². The number of amides is 1. The zero-order valence-electron chi connectivity index (χ0n) is 14.0. The summed E-state index contributed by atoms with van der Waals surface area (Å²) in [5.41, 5.74) is 2.77. The van der Waals surface area contributed by atoms with Crippen molar-refractivity contribution >= 4 is 42.1 Å². The molecule has 0 spiro atoms. The first-order valence-electron chi connectivity index (χ1n) is 7.63. The van der Waals surface area contributed by atoms with Crippen molar-refractivity contribution in [1.29, 1.82) is 0 Å². The molecular formula is C17H23Cl2N3OS. The molecule has 1 saturated heterocycles. The lowest BCUT2D eigenvalue weighted by molar-refractivity contribution is 0.0603. The second kappa shape index (κ2) is 8.81. The van der Waals surface area contributed by atoms with E-state index in [1.165, 1.54) is 0 Å². The molecular weight excluding hydrogens is 365 g/mol. The van der Waals surface area contributed by atoms with Crippen molar-refractivity contribution in [2.75, 3.05) is 13.1 Å². The maximum absolute atomic E-state index is 12.8. The fourth-order valence-corrected chi connectivity index (χ4v) is 3.58. The van der Waals surface area contributed by atoms with Gasteiger partial charge in [-0.1, -0.05) is 12.1 Å². The van der Waals surface area contributed by atoms with Crippen molar-refractivity contribution in [3.05, 3.63) is 40.9 Å². The van der Waals surface area contributed by atoms with Crippen LogP contribution < -0.4 is 5.32 Å². The van der Waals surface area contributed by atoms with Gasteiger partial charge < -0.3 is 10.2 Å². The number of carbonyl (C=O) groups excluding carboxylic acids is 1. The number of hydrogen-bond acceptors (Lipinski definition) is 4. The Kier molecular flexibility index (Phi) is 7.67. The quantitative estimate of drug-likeness (QED) is 0.852. The van der Waals surface area contributed by atoms with Crippen LogP contribution in [0.4, 0.5) is 0 Å². The SMILES string of the molecule is Cc1csc(-c2cccc(C(=O)N3CCNC(C)C3C)c2)n1.Cl.Cl. The third kappa shape index (κ3) is 4.28. The molecule has 1 amide bonds. The first kappa shape index (κ1) is 20.9. The molecule has 1 aliphatic rings. The lowest BCUT2D eigenvalue weighted by Crippen LogP contribution is -2.57. The predicted molar refractivity (Wildman–Crippen MR) is 105 cm³/mol. The van der Waals surface area contributed by atoms with Crippen LogP contribution in [0.5, 0.6) is 0 Å². The second-order valence-electron chi connectivity index (χ2n) is 5.86. The third-order valence-electron chi connectivity index (χ3n) is 4.27. The average molecular weight is 388 g/mol. The van der Waals surface area contributed by atoms with Crippen LogP contribution in [-0.2, 0) is 0 Å². The van der Waals surface area contributed by atoms with Crippen LogP contribution in [0.25, 0.3) is 10.6 Å². The number of hydrogen-bond donors (Lipinski definition) is 1. The van der Waals surface area contributed by atoms with Gasteiger partial charge in [0.25, 0.3) is 5.91 Å². The number of carbonyl (C=O) groups is 1. The Bertz CT molecular complexity index is 692. The minimum atomic E-state index is 0. The number of benzene rings is 1. The van der Waals surface area contributed by atoms with Crippen LogP contribution in [0.2, 0.25) is 0 Å². The van der Waals surface area contributed by atoms with Gasteiger partial charge in [-0.2, -0.15) is 0 Å². The lowest BCUT2D eigenvalue weighted by Gasteiger charge is -2.38. The predicted octanol–water partition coefficient (Wildman–Crippen LogP) is 3.78. The summed E-state index contributed by atoms with van der Waals surface area (Å²) in [5.74, 6) is 0.107. The lowest BCUT2D eigenvalue weighted by atomic mass is 10.0. The van der Waals surface area contributed by atoms with Crippen LogP contribution in [0, 0.1) is 6.92 Å². The van der Waals surface area contributed by atoms with Gasteiger partial charge in [0.2, 0.25) is 0 Å². The van der Waals surface area contributed by atoms with Gasteiger partial charge in [-0.05, 0) is 32.9 Å². The average Bonchev–Trinajstić information content (AvgIpc) is 2.96. The zero-order chi connectivity index (χ0) is 15.7. The van der Waals surface area contributed by atoms with Crippen molar-refractivity contribution in [3.63, 3.8) is 0 Å². The van der Waals surface area contributed by atoms with Crippen molar-refractivity contribution in [1.82, 2.24) is 15.2 Å². The topological polar surface area (TPSA) is 45.2 Å². The first-order valence-corrected chi connectivity index (χ1v) is 8.51. The van der Waals surface area contributed by atoms with Crippen LogP contribution in [-0.4, -0.2) is 41.0 Å². The maximum Gasteiger partial charge on any atom is 0.254 e. The highest BCUT2D eigenvalue weighted by atomic mass is 35.5. The van der Waals surface area contributed by atoms with Gasteiger partial charge in [0.1, 0.15) is 5.01 Å². The highest BCUT2D eigenvalue weighted by Gasteiger charge is 2.28. The molecule has 24 heavy (non-hydrogen) atoms. The Morgan fingerprint density at radius 2 is 2.08 bits per heavy atom. The molecule has 1 aliphatic heterocycles. The summed E-state index contributed by atoms with van der Waals surface area (Å²) in [5, 5.41) is 6.40. The first-order chi connectivity index (χ1) is 10.6. The van der Waals surface area contributed by atoms with Gasteiger partial charge in [0.15, 0.2) is 0 Å². The van der Waals surface area contributed by atoms with Crippen molar-refractivity contribution < 1.29 is 4.79 Å². The van der Waals surface area contributed by atoms with Crippen LogP contribution in [0.3, 0.4) is 0 Å². The summed E-state index contributed by atoms with van der Waals surface area (Å²) in [6.45, 7) is 7.81. The smallest absolute Gasteiger partial charge is 0.254 e. The summed E-state index contributed by atoms with van der Waals surface area (Å²) in [6, 6.07) is 8.33. The number of rotatable bonds is 2. The molecule has 1 N–H and O–H groups in total. The molecule has 3 rings (SSSR count). The Morgan fingerprint density at radius 1 is 1.33 bits per heavy atom. The molecule has 1 aromatic carbocycles. The van der Waals surface area contributed by atoms with E-state index in [0.29, 0.717) is 6.04 Å².